The highest BCUT2D eigenvalue weighted by Crippen LogP contribution is 2.17. The van der Waals surface area contributed by atoms with Crippen molar-refractivity contribution in [3.05, 3.63) is 40.9 Å². The molecule has 0 aromatic heterocycles. The van der Waals surface area contributed by atoms with Gasteiger partial charge in [-0.05, 0) is 18.2 Å². The molecule has 2 N–H and O–H groups in total. The summed E-state index contributed by atoms with van der Waals surface area (Å²) in [6, 6.07) is 5.59. The third-order valence-corrected chi connectivity index (χ3v) is 2.14. The van der Waals surface area contributed by atoms with Crippen LogP contribution in [0.3, 0.4) is 0 Å². The number of benzene rings is 1. The van der Waals surface area contributed by atoms with Gasteiger partial charge in [-0.2, -0.15) is 0 Å². The molecule has 0 heterocycles. The number of rotatable bonds is 3. The zero-order valence-electron chi connectivity index (χ0n) is 8.29. The maximum atomic E-state index is 5.75. The predicted octanol–water partition coefficient (Wildman–Crippen LogP) is 2.59. The Morgan fingerprint density at radius 3 is 3.07 bits per heavy atom. The van der Waals surface area contributed by atoms with Crippen LogP contribution in [0.1, 0.15) is 5.56 Å². The van der Waals surface area contributed by atoms with Crippen LogP contribution in [0.15, 0.2) is 35.3 Å². The van der Waals surface area contributed by atoms with Crippen LogP contribution >= 0.6 is 15.9 Å². The minimum atomic E-state index is 0.387. The van der Waals surface area contributed by atoms with E-state index in [0.717, 1.165) is 10.0 Å². The van der Waals surface area contributed by atoms with Gasteiger partial charge in [0.25, 0.3) is 0 Å². The molecule has 0 saturated heterocycles. The second kappa shape index (κ2) is 6.28. The Hall–Kier alpha value is -1.24. The van der Waals surface area contributed by atoms with Gasteiger partial charge in [0.05, 0.1) is 6.61 Å². The van der Waals surface area contributed by atoms with Crippen molar-refractivity contribution in [2.75, 3.05) is 18.9 Å². The maximum absolute atomic E-state index is 5.75. The Kier molecular flexibility index (Phi) is 4.96. The van der Waals surface area contributed by atoms with Crippen LogP contribution in [0.2, 0.25) is 0 Å². The minimum absolute atomic E-state index is 0.387. The highest BCUT2D eigenvalue weighted by molar-refractivity contribution is 9.10. The highest BCUT2D eigenvalue weighted by Gasteiger charge is 1.95. The Morgan fingerprint density at radius 1 is 1.53 bits per heavy atom. The lowest BCUT2D eigenvalue weighted by atomic mass is 10.2. The lowest BCUT2D eigenvalue weighted by Gasteiger charge is -1.98. The van der Waals surface area contributed by atoms with E-state index >= 15 is 0 Å². The number of nitrogen functional groups attached to an aromatic ring is 1. The molecule has 0 unspecified atom stereocenters. The van der Waals surface area contributed by atoms with Gasteiger partial charge in [-0.3, -0.25) is 0 Å². The molecule has 3 heteroatoms. The quantitative estimate of drug-likeness (QED) is 0.395. The molecule has 0 aliphatic rings. The van der Waals surface area contributed by atoms with Gasteiger partial charge in [-0.1, -0.05) is 33.8 Å². The standard InChI is InChI=1S/C12H12BrNO/c1-2-7-15-8-3-4-10-9-11(13)5-6-12(10)14/h2,5-6,9H,1,7-8,14H2. The molecule has 0 saturated carbocycles. The van der Waals surface area contributed by atoms with Crippen LogP contribution in [0.4, 0.5) is 5.69 Å². The van der Waals surface area contributed by atoms with Crippen LogP contribution < -0.4 is 5.73 Å². The first-order chi connectivity index (χ1) is 7.24. The van der Waals surface area contributed by atoms with Gasteiger partial charge in [0.2, 0.25) is 0 Å². The molecule has 1 rings (SSSR count). The van der Waals surface area contributed by atoms with Gasteiger partial charge in [0.15, 0.2) is 0 Å². The van der Waals surface area contributed by atoms with Crippen molar-refractivity contribution in [3.63, 3.8) is 0 Å². The fourth-order valence-corrected chi connectivity index (χ4v) is 1.32. The highest BCUT2D eigenvalue weighted by atomic mass is 79.9. The number of ether oxygens (including phenoxy) is 1. The smallest absolute Gasteiger partial charge is 0.108 e. The summed E-state index contributed by atoms with van der Waals surface area (Å²) in [7, 11) is 0. The first kappa shape index (κ1) is 11.8. The van der Waals surface area contributed by atoms with Crippen molar-refractivity contribution < 1.29 is 4.74 Å². The van der Waals surface area contributed by atoms with Crippen molar-refractivity contribution in [3.8, 4) is 11.8 Å². The number of hydrogen-bond acceptors (Lipinski definition) is 2. The zero-order chi connectivity index (χ0) is 11.1. The molecular weight excluding hydrogens is 254 g/mol. The van der Waals surface area contributed by atoms with Crippen molar-refractivity contribution >= 4 is 21.6 Å². The predicted molar refractivity (Wildman–Crippen MR) is 66.4 cm³/mol. The van der Waals surface area contributed by atoms with Gasteiger partial charge in [0.1, 0.15) is 6.61 Å². The molecule has 0 bridgehead atoms. The Labute approximate surface area is 98.3 Å². The molecule has 2 nitrogen and oxygen atoms in total. The minimum Gasteiger partial charge on any atom is -0.398 e. The van der Waals surface area contributed by atoms with Crippen LogP contribution in [-0.2, 0) is 4.74 Å². The van der Waals surface area contributed by atoms with Crippen molar-refractivity contribution in [2.24, 2.45) is 0 Å². The van der Waals surface area contributed by atoms with E-state index in [9.17, 15) is 0 Å². The van der Waals surface area contributed by atoms with Crippen LogP contribution in [0.25, 0.3) is 0 Å². The third-order valence-electron chi connectivity index (χ3n) is 1.65. The largest absolute Gasteiger partial charge is 0.398 e. The van der Waals surface area contributed by atoms with E-state index in [0.29, 0.717) is 18.9 Å². The van der Waals surface area contributed by atoms with E-state index in [1.807, 2.05) is 18.2 Å². The Morgan fingerprint density at radius 2 is 2.33 bits per heavy atom. The first-order valence-corrected chi connectivity index (χ1v) is 5.26. The molecule has 0 fully saturated rings. The first-order valence-electron chi connectivity index (χ1n) is 4.46. The number of anilines is 1. The van der Waals surface area contributed by atoms with Crippen LogP contribution in [-0.4, -0.2) is 13.2 Å². The van der Waals surface area contributed by atoms with Crippen molar-refractivity contribution in [1.82, 2.24) is 0 Å². The molecule has 0 atom stereocenters. The molecule has 1 aromatic carbocycles. The molecule has 0 radical (unpaired) electrons. The SMILES string of the molecule is C=CCOCC#Cc1cc(Br)ccc1N. The second-order valence-corrected chi connectivity index (χ2v) is 3.75. The summed E-state index contributed by atoms with van der Waals surface area (Å²) in [5.41, 5.74) is 7.24. The van der Waals surface area contributed by atoms with E-state index in [1.165, 1.54) is 0 Å². The van der Waals surface area contributed by atoms with Crippen LogP contribution in [0, 0.1) is 11.8 Å². The average molecular weight is 266 g/mol. The lowest BCUT2D eigenvalue weighted by molar-refractivity contribution is 0.199. The van der Waals surface area contributed by atoms with Gasteiger partial charge in [0, 0.05) is 15.7 Å². The Balaban J connectivity index is 2.62. The lowest BCUT2D eigenvalue weighted by Crippen LogP contribution is -1.92. The van der Waals surface area contributed by atoms with E-state index in [2.05, 4.69) is 34.3 Å². The van der Waals surface area contributed by atoms with E-state index in [1.54, 1.807) is 6.08 Å². The molecular formula is C12H12BrNO. The summed E-state index contributed by atoms with van der Waals surface area (Å²) >= 11 is 3.36. The molecule has 0 spiro atoms. The summed E-state index contributed by atoms with van der Waals surface area (Å²) in [4.78, 5) is 0. The third kappa shape index (κ3) is 4.20. The fraction of sp³-hybridized carbons (Fsp3) is 0.167. The topological polar surface area (TPSA) is 35.2 Å². The zero-order valence-corrected chi connectivity index (χ0v) is 9.88. The number of hydrogen-bond donors (Lipinski definition) is 1. The van der Waals surface area contributed by atoms with Gasteiger partial charge < -0.3 is 10.5 Å². The molecule has 78 valence electrons. The Bertz CT molecular complexity index is 404. The monoisotopic (exact) mass is 265 g/mol. The summed E-state index contributed by atoms with van der Waals surface area (Å²) in [6.45, 7) is 4.45. The summed E-state index contributed by atoms with van der Waals surface area (Å²) in [6.07, 6.45) is 1.69. The maximum Gasteiger partial charge on any atom is 0.108 e. The molecule has 15 heavy (non-hydrogen) atoms. The van der Waals surface area contributed by atoms with Crippen molar-refractivity contribution in [1.29, 1.82) is 0 Å². The molecule has 0 aliphatic carbocycles. The number of halogens is 1. The van der Waals surface area contributed by atoms with E-state index in [-0.39, 0.29) is 0 Å². The van der Waals surface area contributed by atoms with Gasteiger partial charge in [-0.15, -0.1) is 6.58 Å². The number of nitrogens with two attached hydrogens (primary N) is 1. The molecule has 1 aromatic rings. The summed E-state index contributed by atoms with van der Waals surface area (Å²) < 4.78 is 6.10. The fourth-order valence-electron chi connectivity index (χ4n) is 0.961. The molecule has 0 amide bonds. The van der Waals surface area contributed by atoms with E-state index < -0.39 is 0 Å². The molecule has 0 aliphatic heterocycles. The summed E-state index contributed by atoms with van der Waals surface area (Å²) in [5, 5.41) is 0. The van der Waals surface area contributed by atoms with E-state index in [4.69, 9.17) is 10.5 Å². The van der Waals surface area contributed by atoms with Crippen molar-refractivity contribution in [2.45, 2.75) is 0 Å². The van der Waals surface area contributed by atoms with Gasteiger partial charge >= 0.3 is 0 Å². The normalized spacial score (nSPS) is 9.13. The average Bonchev–Trinajstić information content (AvgIpc) is 2.23. The van der Waals surface area contributed by atoms with Crippen LogP contribution in [0.5, 0.6) is 0 Å². The summed E-state index contributed by atoms with van der Waals surface area (Å²) in [5.74, 6) is 5.83. The second-order valence-electron chi connectivity index (χ2n) is 2.84. The van der Waals surface area contributed by atoms with Gasteiger partial charge in [-0.25, -0.2) is 0 Å².